The van der Waals surface area contributed by atoms with E-state index in [-0.39, 0.29) is 0 Å². The first-order chi connectivity index (χ1) is 9.63. The molecule has 0 bridgehead atoms. The third-order valence-electron chi connectivity index (χ3n) is 2.63. The fraction of sp³-hybridized carbons (Fsp3) is 0.286. The van der Waals surface area contributed by atoms with Crippen molar-refractivity contribution in [3.05, 3.63) is 37.4 Å². The second kappa shape index (κ2) is 7.33. The highest BCUT2D eigenvalue weighted by Crippen LogP contribution is 2.34. The van der Waals surface area contributed by atoms with Crippen molar-refractivity contribution in [3.63, 3.8) is 0 Å². The van der Waals surface area contributed by atoms with Crippen molar-refractivity contribution in [2.45, 2.75) is 13.5 Å². The number of hydrogen-bond acceptors (Lipinski definition) is 4. The molecular weight excluding hydrogens is 406 g/mol. The van der Waals surface area contributed by atoms with Gasteiger partial charge in [0.25, 0.3) is 0 Å². The Labute approximate surface area is 139 Å². The normalized spacial score (nSPS) is 10.4. The van der Waals surface area contributed by atoms with Crippen LogP contribution in [0.5, 0.6) is 11.5 Å². The van der Waals surface area contributed by atoms with Gasteiger partial charge in [0, 0.05) is 27.6 Å². The van der Waals surface area contributed by atoms with Crippen molar-refractivity contribution < 1.29 is 9.47 Å². The van der Waals surface area contributed by atoms with Gasteiger partial charge in [-0.05, 0) is 57.0 Å². The number of methoxy groups -OCH3 is 1. The van der Waals surface area contributed by atoms with Gasteiger partial charge in [-0.15, -0.1) is 11.3 Å². The number of rotatable bonds is 6. The Morgan fingerprint density at radius 3 is 2.60 bits per heavy atom. The quantitative estimate of drug-likeness (QED) is 0.688. The van der Waals surface area contributed by atoms with Gasteiger partial charge in [0.1, 0.15) is 0 Å². The lowest BCUT2D eigenvalue weighted by Crippen LogP contribution is -2.00. The number of hydrogen-bond donors (Lipinski definition) is 1. The summed E-state index contributed by atoms with van der Waals surface area (Å²) >= 11 is 8.70. The van der Waals surface area contributed by atoms with Crippen LogP contribution in [-0.2, 0) is 6.54 Å². The molecule has 0 radical (unpaired) electrons. The predicted octanol–water partition coefficient (Wildman–Crippen LogP) is 5.29. The molecule has 0 fully saturated rings. The van der Waals surface area contributed by atoms with Crippen LogP contribution in [0.15, 0.2) is 32.5 Å². The van der Waals surface area contributed by atoms with E-state index in [4.69, 9.17) is 9.47 Å². The second-order valence-electron chi connectivity index (χ2n) is 3.99. The lowest BCUT2D eigenvalue weighted by molar-refractivity contribution is 0.311. The Kier molecular flexibility index (Phi) is 5.74. The standard InChI is InChI=1S/C14H15Br2NO2S/c1-3-19-13-6-9(4-5-12(13)18-2)17-8-10-7-11(15)14(16)20-10/h4-7,17H,3,8H2,1-2H3. The Balaban J connectivity index is 2.07. The lowest BCUT2D eigenvalue weighted by Gasteiger charge is -2.12. The fourth-order valence-corrected chi connectivity index (χ4v) is 3.84. The molecule has 2 aromatic rings. The van der Waals surface area contributed by atoms with E-state index in [1.54, 1.807) is 18.4 Å². The molecule has 0 unspecified atom stereocenters. The molecule has 20 heavy (non-hydrogen) atoms. The number of anilines is 1. The first kappa shape index (κ1) is 15.7. The molecule has 3 nitrogen and oxygen atoms in total. The van der Waals surface area contributed by atoms with Crippen LogP contribution in [0.1, 0.15) is 11.8 Å². The van der Waals surface area contributed by atoms with Gasteiger partial charge in [-0.25, -0.2) is 0 Å². The van der Waals surface area contributed by atoms with E-state index in [2.05, 4.69) is 43.2 Å². The zero-order valence-corrected chi connectivity index (χ0v) is 15.2. The maximum Gasteiger partial charge on any atom is 0.163 e. The molecule has 0 saturated carbocycles. The molecule has 0 aliphatic carbocycles. The molecule has 0 amide bonds. The van der Waals surface area contributed by atoms with Crippen molar-refractivity contribution in [3.8, 4) is 11.5 Å². The van der Waals surface area contributed by atoms with E-state index >= 15 is 0 Å². The monoisotopic (exact) mass is 419 g/mol. The molecule has 1 aromatic heterocycles. The molecule has 1 heterocycles. The molecule has 1 N–H and O–H groups in total. The van der Waals surface area contributed by atoms with E-state index < -0.39 is 0 Å². The predicted molar refractivity (Wildman–Crippen MR) is 91.2 cm³/mol. The smallest absolute Gasteiger partial charge is 0.163 e. The van der Waals surface area contributed by atoms with Crippen LogP contribution in [0.2, 0.25) is 0 Å². The maximum atomic E-state index is 5.57. The van der Waals surface area contributed by atoms with Crippen LogP contribution in [0.3, 0.4) is 0 Å². The summed E-state index contributed by atoms with van der Waals surface area (Å²) in [4.78, 5) is 1.25. The topological polar surface area (TPSA) is 30.5 Å². The van der Waals surface area contributed by atoms with E-state index in [1.807, 2.05) is 25.1 Å². The van der Waals surface area contributed by atoms with Crippen molar-refractivity contribution >= 4 is 48.9 Å². The molecule has 1 aromatic carbocycles. The molecule has 0 spiro atoms. The Hall–Kier alpha value is -0.720. The summed E-state index contributed by atoms with van der Waals surface area (Å²) < 4.78 is 13.0. The third-order valence-corrected chi connectivity index (χ3v) is 5.88. The lowest BCUT2D eigenvalue weighted by atomic mass is 10.2. The van der Waals surface area contributed by atoms with Gasteiger partial charge >= 0.3 is 0 Å². The molecule has 2 rings (SSSR count). The van der Waals surface area contributed by atoms with E-state index in [0.29, 0.717) is 6.61 Å². The Bertz CT molecular complexity index is 567. The highest BCUT2D eigenvalue weighted by molar-refractivity contribution is 9.13. The van der Waals surface area contributed by atoms with Crippen molar-refractivity contribution in [1.82, 2.24) is 0 Å². The first-order valence-electron chi connectivity index (χ1n) is 6.12. The van der Waals surface area contributed by atoms with Crippen molar-refractivity contribution in [2.24, 2.45) is 0 Å². The van der Waals surface area contributed by atoms with Crippen LogP contribution >= 0.6 is 43.2 Å². The van der Waals surface area contributed by atoms with Gasteiger partial charge < -0.3 is 14.8 Å². The van der Waals surface area contributed by atoms with Crippen LogP contribution in [0.4, 0.5) is 5.69 Å². The van der Waals surface area contributed by atoms with Gasteiger partial charge in [0.05, 0.1) is 17.5 Å². The van der Waals surface area contributed by atoms with Crippen LogP contribution < -0.4 is 14.8 Å². The number of nitrogens with one attached hydrogen (secondary N) is 1. The molecule has 6 heteroatoms. The van der Waals surface area contributed by atoms with E-state index in [0.717, 1.165) is 32.0 Å². The maximum absolute atomic E-state index is 5.57. The van der Waals surface area contributed by atoms with E-state index in [9.17, 15) is 0 Å². The van der Waals surface area contributed by atoms with Gasteiger partial charge in [0.2, 0.25) is 0 Å². The average molecular weight is 421 g/mol. The van der Waals surface area contributed by atoms with Gasteiger partial charge in [-0.1, -0.05) is 0 Å². The Morgan fingerprint density at radius 2 is 2.00 bits per heavy atom. The minimum absolute atomic E-state index is 0.616. The minimum Gasteiger partial charge on any atom is -0.493 e. The van der Waals surface area contributed by atoms with Gasteiger partial charge in [-0.2, -0.15) is 0 Å². The SMILES string of the molecule is CCOc1cc(NCc2cc(Br)c(Br)s2)ccc1OC. The summed E-state index contributed by atoms with van der Waals surface area (Å²) in [6, 6.07) is 7.96. The van der Waals surface area contributed by atoms with Crippen LogP contribution in [0.25, 0.3) is 0 Å². The Morgan fingerprint density at radius 1 is 1.20 bits per heavy atom. The first-order valence-corrected chi connectivity index (χ1v) is 8.52. The second-order valence-corrected chi connectivity index (χ2v) is 7.30. The summed E-state index contributed by atoms with van der Waals surface area (Å²) in [5, 5.41) is 3.38. The van der Waals surface area contributed by atoms with Crippen LogP contribution in [0, 0.1) is 0 Å². The largest absolute Gasteiger partial charge is 0.493 e. The zero-order chi connectivity index (χ0) is 14.5. The number of halogens is 2. The summed E-state index contributed by atoms with van der Waals surface area (Å²) in [6.07, 6.45) is 0. The average Bonchev–Trinajstić information content (AvgIpc) is 2.76. The minimum atomic E-state index is 0.616. The number of benzene rings is 1. The van der Waals surface area contributed by atoms with Gasteiger partial charge in [0.15, 0.2) is 11.5 Å². The molecular formula is C14H15Br2NO2S. The summed E-state index contributed by atoms with van der Waals surface area (Å²) in [6.45, 7) is 3.34. The molecule has 0 saturated heterocycles. The summed E-state index contributed by atoms with van der Waals surface area (Å²) in [7, 11) is 1.64. The third kappa shape index (κ3) is 3.90. The molecule has 0 atom stereocenters. The highest BCUT2D eigenvalue weighted by Gasteiger charge is 2.07. The molecule has 108 valence electrons. The summed E-state index contributed by atoms with van der Waals surface area (Å²) in [5.41, 5.74) is 1.01. The fourth-order valence-electron chi connectivity index (χ4n) is 1.72. The molecule has 0 aliphatic heterocycles. The van der Waals surface area contributed by atoms with E-state index in [1.165, 1.54) is 4.88 Å². The van der Waals surface area contributed by atoms with Gasteiger partial charge in [-0.3, -0.25) is 0 Å². The van der Waals surface area contributed by atoms with Crippen molar-refractivity contribution in [1.29, 1.82) is 0 Å². The number of thiophene rings is 1. The number of ether oxygens (including phenoxy) is 2. The van der Waals surface area contributed by atoms with Crippen molar-refractivity contribution in [2.75, 3.05) is 19.0 Å². The zero-order valence-electron chi connectivity index (χ0n) is 11.2. The summed E-state index contributed by atoms with van der Waals surface area (Å²) in [5.74, 6) is 1.51. The van der Waals surface area contributed by atoms with Crippen LogP contribution in [-0.4, -0.2) is 13.7 Å². The highest BCUT2D eigenvalue weighted by atomic mass is 79.9. The molecule has 0 aliphatic rings.